The molecule has 4 rings (SSSR count). The first-order valence-corrected chi connectivity index (χ1v) is 10.2. The van der Waals surface area contributed by atoms with Crippen molar-refractivity contribution in [3.05, 3.63) is 59.9 Å². The molecular formula is C23H26N4O2. The molecule has 0 saturated heterocycles. The number of hydrogen-bond acceptors (Lipinski definition) is 4. The first-order valence-electron chi connectivity index (χ1n) is 10.2. The molecule has 2 heterocycles. The van der Waals surface area contributed by atoms with Crippen LogP contribution >= 0.6 is 0 Å². The Morgan fingerprint density at radius 1 is 1.21 bits per heavy atom. The molecule has 1 aromatic carbocycles. The minimum Gasteiger partial charge on any atom is -0.348 e. The van der Waals surface area contributed by atoms with E-state index in [1.165, 1.54) is 0 Å². The molecule has 150 valence electrons. The number of aryl methyl sites for hydroxylation is 1. The Morgan fingerprint density at radius 3 is 2.59 bits per heavy atom. The fraction of sp³-hybridized carbons (Fsp3) is 0.391. The summed E-state index contributed by atoms with van der Waals surface area (Å²) in [6, 6.07) is 13.3. The van der Waals surface area contributed by atoms with Crippen LogP contribution in [-0.2, 0) is 4.79 Å². The summed E-state index contributed by atoms with van der Waals surface area (Å²) >= 11 is 0. The minimum atomic E-state index is -0.534. The summed E-state index contributed by atoms with van der Waals surface area (Å²) in [7, 11) is 0. The molecular weight excluding hydrogens is 364 g/mol. The zero-order valence-electron chi connectivity index (χ0n) is 16.9. The molecule has 2 aliphatic rings. The third-order valence-corrected chi connectivity index (χ3v) is 6.03. The van der Waals surface area contributed by atoms with Gasteiger partial charge in [-0.15, -0.1) is 0 Å². The molecule has 29 heavy (non-hydrogen) atoms. The van der Waals surface area contributed by atoms with Gasteiger partial charge < -0.3 is 5.32 Å². The van der Waals surface area contributed by atoms with E-state index in [1.54, 1.807) is 17.3 Å². The molecule has 6 heteroatoms. The molecule has 6 nitrogen and oxygen atoms in total. The quantitative estimate of drug-likeness (QED) is 0.861. The number of hydrogen-bond donors (Lipinski definition) is 1. The monoisotopic (exact) mass is 390 g/mol. The molecule has 2 amide bonds. The second kappa shape index (κ2) is 7.78. The number of carbonyl (C=O) groups is 2. The SMILES string of the molecule is CCC1=NN(c2ccccc2)C(=O)[C@]12CC[C@H](NC(=O)c1cc(C)ccn1)CC2. The standard InChI is InChI=1S/C23H26N4O2/c1-3-20-23(22(29)27(26-20)18-7-5-4-6-8-18)12-9-17(10-13-23)25-21(28)19-15-16(2)11-14-24-19/h4-8,11,14-15,17H,3,9-10,12-13H2,1-2H3,(H,25,28)/t17-,23-. The second-order valence-electron chi connectivity index (χ2n) is 7.90. The van der Waals surface area contributed by atoms with Crippen LogP contribution in [0.5, 0.6) is 0 Å². The maximum absolute atomic E-state index is 13.4. The van der Waals surface area contributed by atoms with Gasteiger partial charge in [-0.2, -0.15) is 10.1 Å². The highest BCUT2D eigenvalue weighted by atomic mass is 16.2. The van der Waals surface area contributed by atoms with Gasteiger partial charge in [0.2, 0.25) is 0 Å². The maximum Gasteiger partial charge on any atom is 0.270 e. The summed E-state index contributed by atoms with van der Waals surface area (Å²) in [5.74, 6) is -0.0895. The normalized spacial score (nSPS) is 23.9. The first kappa shape index (κ1) is 19.3. The number of amides is 2. The molecule has 1 aliphatic heterocycles. The Labute approximate surface area is 171 Å². The number of rotatable bonds is 4. The van der Waals surface area contributed by atoms with Gasteiger partial charge in [0.05, 0.1) is 16.8 Å². The average molecular weight is 390 g/mol. The fourth-order valence-corrected chi connectivity index (χ4v) is 4.42. The van der Waals surface area contributed by atoms with E-state index >= 15 is 0 Å². The highest BCUT2D eigenvalue weighted by molar-refractivity contribution is 6.19. The predicted octanol–water partition coefficient (Wildman–Crippen LogP) is 3.86. The van der Waals surface area contributed by atoms with Crippen molar-refractivity contribution in [1.29, 1.82) is 0 Å². The zero-order valence-corrected chi connectivity index (χ0v) is 16.9. The van der Waals surface area contributed by atoms with E-state index in [0.29, 0.717) is 18.5 Å². The number of anilines is 1. The van der Waals surface area contributed by atoms with Gasteiger partial charge in [-0.1, -0.05) is 25.1 Å². The number of hydrazone groups is 1. The van der Waals surface area contributed by atoms with Gasteiger partial charge in [0, 0.05) is 12.2 Å². The highest BCUT2D eigenvalue weighted by Crippen LogP contribution is 2.45. The maximum atomic E-state index is 13.4. The van der Waals surface area contributed by atoms with Crippen LogP contribution < -0.4 is 10.3 Å². The lowest BCUT2D eigenvalue weighted by Crippen LogP contribution is -2.47. The number of aromatic nitrogens is 1. The molecule has 1 aromatic heterocycles. The number of carbonyl (C=O) groups excluding carboxylic acids is 2. The Bertz CT molecular complexity index is 946. The number of pyridine rings is 1. The molecule has 1 N–H and O–H groups in total. The van der Waals surface area contributed by atoms with Gasteiger partial charge in [0.25, 0.3) is 11.8 Å². The van der Waals surface area contributed by atoms with E-state index in [2.05, 4.69) is 22.3 Å². The lowest BCUT2D eigenvalue weighted by Gasteiger charge is -2.36. The van der Waals surface area contributed by atoms with Crippen molar-refractivity contribution in [2.75, 3.05) is 5.01 Å². The molecule has 2 aromatic rings. The lowest BCUT2D eigenvalue weighted by atomic mass is 9.68. The Morgan fingerprint density at radius 2 is 1.93 bits per heavy atom. The Kier molecular flexibility index (Phi) is 5.18. The van der Waals surface area contributed by atoms with Gasteiger partial charge in [-0.25, -0.2) is 0 Å². The van der Waals surface area contributed by atoms with Gasteiger partial charge >= 0.3 is 0 Å². The van der Waals surface area contributed by atoms with Crippen LogP contribution in [0.3, 0.4) is 0 Å². The Balaban J connectivity index is 1.46. The highest BCUT2D eigenvalue weighted by Gasteiger charge is 2.52. The van der Waals surface area contributed by atoms with Crippen molar-refractivity contribution in [3.8, 4) is 0 Å². The van der Waals surface area contributed by atoms with Gasteiger partial charge in [0.1, 0.15) is 5.69 Å². The van der Waals surface area contributed by atoms with Gasteiger partial charge in [0.15, 0.2) is 0 Å². The number of para-hydroxylation sites is 1. The van der Waals surface area contributed by atoms with Crippen LogP contribution in [0.25, 0.3) is 0 Å². The minimum absolute atomic E-state index is 0.0483. The second-order valence-corrected chi connectivity index (χ2v) is 7.90. The first-order chi connectivity index (χ1) is 14.0. The van der Waals surface area contributed by atoms with Crippen LogP contribution in [-0.4, -0.2) is 28.6 Å². The van der Waals surface area contributed by atoms with Gasteiger partial charge in [-0.05, 0) is 68.9 Å². The van der Waals surface area contributed by atoms with Crippen LogP contribution in [0.1, 0.15) is 55.1 Å². The lowest BCUT2D eigenvalue weighted by molar-refractivity contribution is -0.125. The molecule has 0 bridgehead atoms. The van der Waals surface area contributed by atoms with Crippen molar-refractivity contribution in [1.82, 2.24) is 10.3 Å². The van der Waals surface area contributed by atoms with Crippen molar-refractivity contribution in [2.45, 2.75) is 52.0 Å². The molecule has 1 spiro atoms. The predicted molar refractivity (Wildman–Crippen MR) is 113 cm³/mol. The molecule has 0 unspecified atom stereocenters. The summed E-state index contributed by atoms with van der Waals surface area (Å²) < 4.78 is 0. The average Bonchev–Trinajstić information content (AvgIpc) is 3.02. The van der Waals surface area contributed by atoms with Crippen LogP contribution in [0.2, 0.25) is 0 Å². The third-order valence-electron chi connectivity index (χ3n) is 6.03. The molecule has 1 aliphatic carbocycles. The van der Waals surface area contributed by atoms with Crippen LogP contribution in [0.4, 0.5) is 5.69 Å². The summed E-state index contributed by atoms with van der Waals surface area (Å²) in [5.41, 5.74) is 2.67. The zero-order chi connectivity index (χ0) is 20.4. The molecule has 0 radical (unpaired) electrons. The van der Waals surface area contributed by atoms with Gasteiger partial charge in [-0.3, -0.25) is 14.6 Å². The van der Waals surface area contributed by atoms with Crippen molar-refractivity contribution in [3.63, 3.8) is 0 Å². The van der Waals surface area contributed by atoms with Crippen molar-refractivity contribution >= 4 is 23.2 Å². The summed E-state index contributed by atoms with van der Waals surface area (Å²) in [6.07, 6.45) is 5.32. The topological polar surface area (TPSA) is 74.7 Å². The summed E-state index contributed by atoms with van der Waals surface area (Å²) in [6.45, 7) is 4.00. The van der Waals surface area contributed by atoms with Crippen LogP contribution in [0, 0.1) is 12.3 Å². The van der Waals surface area contributed by atoms with E-state index in [1.807, 2.05) is 43.3 Å². The third kappa shape index (κ3) is 3.55. The smallest absolute Gasteiger partial charge is 0.270 e. The van der Waals surface area contributed by atoms with E-state index in [0.717, 1.165) is 36.2 Å². The van der Waals surface area contributed by atoms with Crippen molar-refractivity contribution in [2.24, 2.45) is 10.5 Å². The number of benzene rings is 1. The Hall–Kier alpha value is -3.02. The number of nitrogens with zero attached hydrogens (tertiary/aromatic N) is 3. The summed E-state index contributed by atoms with van der Waals surface area (Å²) in [4.78, 5) is 30.0. The van der Waals surface area contributed by atoms with Crippen molar-refractivity contribution < 1.29 is 9.59 Å². The van der Waals surface area contributed by atoms with Crippen LogP contribution in [0.15, 0.2) is 53.8 Å². The van der Waals surface area contributed by atoms with E-state index < -0.39 is 5.41 Å². The van der Waals surface area contributed by atoms with E-state index in [-0.39, 0.29) is 17.9 Å². The fourth-order valence-electron chi connectivity index (χ4n) is 4.42. The molecule has 1 fully saturated rings. The summed E-state index contributed by atoms with van der Waals surface area (Å²) in [5, 5.41) is 9.34. The number of nitrogens with one attached hydrogen (secondary N) is 1. The molecule has 1 saturated carbocycles. The van der Waals surface area contributed by atoms with E-state index in [4.69, 9.17) is 0 Å². The molecule has 0 atom stereocenters. The van der Waals surface area contributed by atoms with E-state index in [9.17, 15) is 9.59 Å². The largest absolute Gasteiger partial charge is 0.348 e.